The lowest BCUT2D eigenvalue weighted by Gasteiger charge is -2.24. The molecule has 0 radical (unpaired) electrons. The van der Waals surface area contributed by atoms with Gasteiger partial charge in [-0.25, -0.2) is 0 Å². The maximum absolute atomic E-state index is 7.35. The lowest BCUT2D eigenvalue weighted by atomic mass is 10.1. The second-order valence-electron chi connectivity index (χ2n) is 5.57. The van der Waals surface area contributed by atoms with Crippen molar-refractivity contribution in [3.8, 4) is 0 Å². The summed E-state index contributed by atoms with van der Waals surface area (Å²) in [7, 11) is 0. The van der Waals surface area contributed by atoms with Crippen LogP contribution < -0.4 is 5.73 Å². The molecular formula is C16H27N3. The third-order valence-electron chi connectivity index (χ3n) is 3.16. The van der Waals surface area contributed by atoms with Crippen molar-refractivity contribution in [2.24, 2.45) is 11.7 Å². The number of hydrogen-bond acceptors (Lipinski definition) is 2. The molecule has 0 atom stereocenters. The first-order valence-corrected chi connectivity index (χ1v) is 7.14. The number of rotatable bonds is 8. The molecule has 0 unspecified atom stereocenters. The van der Waals surface area contributed by atoms with Crippen LogP contribution in [0.1, 0.15) is 38.3 Å². The maximum atomic E-state index is 7.35. The van der Waals surface area contributed by atoms with Crippen molar-refractivity contribution in [2.45, 2.75) is 40.2 Å². The number of benzene rings is 1. The number of hydrogen-bond donors (Lipinski definition) is 2. The van der Waals surface area contributed by atoms with Crippen molar-refractivity contribution in [1.82, 2.24) is 4.90 Å². The molecule has 1 aromatic carbocycles. The zero-order chi connectivity index (χ0) is 14.3. The lowest BCUT2D eigenvalue weighted by Crippen LogP contribution is -2.30. The quantitative estimate of drug-likeness (QED) is 0.558. The number of aryl methyl sites for hydroxylation is 1. The highest BCUT2D eigenvalue weighted by molar-refractivity contribution is 5.76. The van der Waals surface area contributed by atoms with Crippen molar-refractivity contribution in [3.05, 3.63) is 35.4 Å². The van der Waals surface area contributed by atoms with Gasteiger partial charge >= 0.3 is 0 Å². The molecule has 0 aliphatic heterocycles. The standard InChI is InChI=1S/C16H27N3/c1-4-14-5-7-15(8-6-14)12-19(11-13(2)3)10-9-16(17)18/h5-8,13H,4,9-12H2,1-3H3,(H3,17,18). The highest BCUT2D eigenvalue weighted by Crippen LogP contribution is 2.10. The number of nitrogens with one attached hydrogen (secondary N) is 1. The van der Waals surface area contributed by atoms with Crippen molar-refractivity contribution in [3.63, 3.8) is 0 Å². The Morgan fingerprint density at radius 3 is 2.26 bits per heavy atom. The van der Waals surface area contributed by atoms with Crippen molar-refractivity contribution < 1.29 is 0 Å². The van der Waals surface area contributed by atoms with Crippen LogP contribution in [0.2, 0.25) is 0 Å². The second kappa shape index (κ2) is 7.95. The van der Waals surface area contributed by atoms with Crippen LogP contribution in [-0.4, -0.2) is 23.8 Å². The fraction of sp³-hybridized carbons (Fsp3) is 0.562. The molecule has 1 aromatic rings. The van der Waals surface area contributed by atoms with Gasteiger partial charge in [-0.3, -0.25) is 10.3 Å². The zero-order valence-corrected chi connectivity index (χ0v) is 12.4. The smallest absolute Gasteiger partial charge is 0.0918 e. The molecule has 0 aliphatic rings. The summed E-state index contributed by atoms with van der Waals surface area (Å²) < 4.78 is 0. The molecule has 0 bridgehead atoms. The summed E-state index contributed by atoms with van der Waals surface area (Å²) in [6.45, 7) is 9.47. The molecule has 0 fully saturated rings. The highest BCUT2D eigenvalue weighted by atomic mass is 15.1. The van der Waals surface area contributed by atoms with Crippen LogP contribution >= 0.6 is 0 Å². The molecule has 0 amide bonds. The van der Waals surface area contributed by atoms with E-state index in [2.05, 4.69) is 49.9 Å². The summed E-state index contributed by atoms with van der Waals surface area (Å²) in [6, 6.07) is 8.82. The number of amidine groups is 1. The Kier molecular flexibility index (Phi) is 6.57. The molecule has 0 aliphatic carbocycles. The summed E-state index contributed by atoms with van der Waals surface area (Å²) in [4.78, 5) is 2.38. The monoisotopic (exact) mass is 261 g/mol. The van der Waals surface area contributed by atoms with Gasteiger partial charge in [0, 0.05) is 26.1 Å². The Bertz CT molecular complexity index is 381. The molecule has 0 saturated heterocycles. The van der Waals surface area contributed by atoms with E-state index in [-0.39, 0.29) is 5.84 Å². The van der Waals surface area contributed by atoms with Crippen LogP contribution in [0, 0.1) is 11.3 Å². The number of nitrogens with two attached hydrogens (primary N) is 1. The first-order chi connectivity index (χ1) is 9.01. The molecule has 0 aromatic heterocycles. The Morgan fingerprint density at radius 2 is 1.79 bits per heavy atom. The zero-order valence-electron chi connectivity index (χ0n) is 12.4. The molecule has 3 heteroatoms. The molecule has 3 nitrogen and oxygen atoms in total. The molecule has 1 rings (SSSR count). The summed E-state index contributed by atoms with van der Waals surface area (Å²) in [5, 5.41) is 7.35. The van der Waals surface area contributed by atoms with E-state index in [0.29, 0.717) is 12.3 Å². The second-order valence-corrected chi connectivity index (χ2v) is 5.57. The molecular weight excluding hydrogens is 234 g/mol. The van der Waals surface area contributed by atoms with Crippen LogP contribution in [0.25, 0.3) is 0 Å². The van der Waals surface area contributed by atoms with E-state index in [1.54, 1.807) is 0 Å². The minimum Gasteiger partial charge on any atom is -0.388 e. The van der Waals surface area contributed by atoms with Gasteiger partial charge in [0.05, 0.1) is 5.84 Å². The fourth-order valence-corrected chi connectivity index (χ4v) is 2.17. The van der Waals surface area contributed by atoms with Gasteiger partial charge in [0.15, 0.2) is 0 Å². The van der Waals surface area contributed by atoms with E-state index in [4.69, 9.17) is 11.1 Å². The van der Waals surface area contributed by atoms with E-state index in [0.717, 1.165) is 26.1 Å². The fourth-order valence-electron chi connectivity index (χ4n) is 2.17. The third kappa shape index (κ3) is 6.39. The molecule has 0 heterocycles. The van der Waals surface area contributed by atoms with Crippen LogP contribution in [0.15, 0.2) is 24.3 Å². The van der Waals surface area contributed by atoms with E-state index in [9.17, 15) is 0 Å². The van der Waals surface area contributed by atoms with E-state index in [1.807, 2.05) is 0 Å². The topological polar surface area (TPSA) is 53.1 Å². The largest absolute Gasteiger partial charge is 0.388 e. The first-order valence-electron chi connectivity index (χ1n) is 7.14. The SMILES string of the molecule is CCc1ccc(CN(CCC(=N)N)CC(C)C)cc1. The van der Waals surface area contributed by atoms with Crippen LogP contribution in [0.5, 0.6) is 0 Å². The van der Waals surface area contributed by atoms with Crippen molar-refractivity contribution in [2.75, 3.05) is 13.1 Å². The Morgan fingerprint density at radius 1 is 1.21 bits per heavy atom. The molecule has 3 N–H and O–H groups in total. The lowest BCUT2D eigenvalue weighted by molar-refractivity contribution is 0.242. The summed E-state index contributed by atoms with van der Waals surface area (Å²) in [6.07, 6.45) is 1.74. The van der Waals surface area contributed by atoms with Crippen molar-refractivity contribution in [1.29, 1.82) is 5.41 Å². The van der Waals surface area contributed by atoms with E-state index in [1.165, 1.54) is 11.1 Å². The molecule has 0 spiro atoms. The summed E-state index contributed by atoms with van der Waals surface area (Å²) in [5.41, 5.74) is 8.17. The van der Waals surface area contributed by atoms with Crippen LogP contribution in [0.3, 0.4) is 0 Å². The number of nitrogens with zero attached hydrogens (tertiary/aromatic N) is 1. The van der Waals surface area contributed by atoms with Gasteiger partial charge in [-0.15, -0.1) is 0 Å². The molecule has 0 saturated carbocycles. The highest BCUT2D eigenvalue weighted by Gasteiger charge is 2.08. The minimum absolute atomic E-state index is 0.273. The average molecular weight is 261 g/mol. The average Bonchev–Trinajstić information content (AvgIpc) is 2.36. The van der Waals surface area contributed by atoms with Gasteiger partial charge in [0.2, 0.25) is 0 Å². The van der Waals surface area contributed by atoms with Crippen molar-refractivity contribution >= 4 is 5.84 Å². The predicted molar refractivity (Wildman–Crippen MR) is 82.5 cm³/mol. The van der Waals surface area contributed by atoms with Gasteiger partial charge in [-0.05, 0) is 23.5 Å². The maximum Gasteiger partial charge on any atom is 0.0918 e. The molecule has 106 valence electrons. The normalized spacial score (nSPS) is 11.2. The van der Waals surface area contributed by atoms with Gasteiger partial charge in [0.25, 0.3) is 0 Å². The summed E-state index contributed by atoms with van der Waals surface area (Å²) >= 11 is 0. The predicted octanol–water partition coefficient (Wildman–Crippen LogP) is 3.03. The minimum atomic E-state index is 0.273. The van der Waals surface area contributed by atoms with Gasteiger partial charge in [-0.2, -0.15) is 0 Å². The van der Waals surface area contributed by atoms with Gasteiger partial charge in [0.1, 0.15) is 0 Å². The first kappa shape index (κ1) is 15.7. The van der Waals surface area contributed by atoms with Crippen LogP contribution in [-0.2, 0) is 13.0 Å². The molecule has 19 heavy (non-hydrogen) atoms. The van der Waals surface area contributed by atoms with E-state index < -0.39 is 0 Å². The Hall–Kier alpha value is -1.35. The van der Waals surface area contributed by atoms with Crippen LogP contribution in [0.4, 0.5) is 0 Å². The van der Waals surface area contributed by atoms with Gasteiger partial charge < -0.3 is 5.73 Å². The van der Waals surface area contributed by atoms with E-state index >= 15 is 0 Å². The Labute approximate surface area is 117 Å². The Balaban J connectivity index is 2.60. The van der Waals surface area contributed by atoms with Gasteiger partial charge in [-0.1, -0.05) is 45.0 Å². The summed E-state index contributed by atoms with van der Waals surface area (Å²) in [5.74, 6) is 0.900. The third-order valence-corrected chi connectivity index (χ3v) is 3.16.